The summed E-state index contributed by atoms with van der Waals surface area (Å²) in [6.07, 6.45) is 6.57. The summed E-state index contributed by atoms with van der Waals surface area (Å²) in [5.74, 6) is 0. The number of rotatable bonds is 3. The van der Waals surface area contributed by atoms with E-state index in [2.05, 4.69) is 126 Å². The van der Waals surface area contributed by atoms with E-state index in [9.17, 15) is 0 Å². The minimum atomic E-state index is 0.165. The van der Waals surface area contributed by atoms with E-state index in [1.54, 1.807) is 0 Å². The first-order chi connectivity index (χ1) is 14.7. The van der Waals surface area contributed by atoms with Gasteiger partial charge in [-0.1, -0.05) is 60.7 Å². The molecule has 30 heavy (non-hydrogen) atoms. The van der Waals surface area contributed by atoms with Crippen LogP contribution in [0.2, 0.25) is 0 Å². The second-order valence-corrected chi connectivity index (χ2v) is 7.64. The smallest absolute Gasteiger partial charge is 0.108 e. The molecule has 3 aromatic carbocycles. The first-order valence-corrected chi connectivity index (χ1v) is 10.4. The predicted molar refractivity (Wildman–Crippen MR) is 126 cm³/mol. The summed E-state index contributed by atoms with van der Waals surface area (Å²) in [7, 11) is 0. The molecule has 0 bridgehead atoms. The molecular formula is C27H25N3. The van der Waals surface area contributed by atoms with Gasteiger partial charge in [0, 0.05) is 17.6 Å². The molecule has 1 atom stereocenters. The van der Waals surface area contributed by atoms with Crippen molar-refractivity contribution in [2.45, 2.75) is 20.0 Å². The van der Waals surface area contributed by atoms with E-state index in [4.69, 9.17) is 0 Å². The van der Waals surface area contributed by atoms with Crippen molar-refractivity contribution in [3.63, 3.8) is 0 Å². The number of nitrogens with zero attached hydrogens (tertiary/aromatic N) is 2. The molecule has 2 aliphatic rings. The van der Waals surface area contributed by atoms with Gasteiger partial charge < -0.3 is 15.1 Å². The molecule has 3 heteroatoms. The van der Waals surface area contributed by atoms with E-state index >= 15 is 0 Å². The first-order valence-electron chi connectivity index (χ1n) is 10.4. The Balaban J connectivity index is 1.58. The van der Waals surface area contributed by atoms with Crippen LogP contribution in [0, 0.1) is 0 Å². The number of dihydropyridines is 1. The fourth-order valence-electron chi connectivity index (χ4n) is 4.41. The van der Waals surface area contributed by atoms with Crippen molar-refractivity contribution < 1.29 is 0 Å². The van der Waals surface area contributed by atoms with Crippen molar-refractivity contribution in [1.29, 1.82) is 0 Å². The standard InChI is InChI=1S/C27H25N3/c1-20(25-19-23(17-18-28-25)22-11-5-3-6-12-22)29-21(2)30(24-13-7-4-8-14-24)27-16-10-9-15-26(27)29/h3-19,21,28H,1-2H3/b25-20-/t21-/m1/s1. The molecule has 0 saturated heterocycles. The number of benzene rings is 3. The highest BCUT2D eigenvalue weighted by molar-refractivity contribution is 5.86. The molecule has 0 saturated carbocycles. The molecule has 0 aliphatic carbocycles. The van der Waals surface area contributed by atoms with Crippen LogP contribution in [0.5, 0.6) is 0 Å². The molecule has 0 amide bonds. The lowest BCUT2D eigenvalue weighted by Gasteiger charge is -2.32. The first kappa shape index (κ1) is 18.3. The van der Waals surface area contributed by atoms with Crippen LogP contribution in [0.1, 0.15) is 19.4 Å². The Morgan fingerprint density at radius 2 is 1.43 bits per heavy atom. The molecule has 2 heterocycles. The molecule has 0 radical (unpaired) electrons. The maximum Gasteiger partial charge on any atom is 0.108 e. The predicted octanol–water partition coefficient (Wildman–Crippen LogP) is 6.42. The normalized spacial score (nSPS) is 19.3. The zero-order valence-corrected chi connectivity index (χ0v) is 17.3. The van der Waals surface area contributed by atoms with Gasteiger partial charge in [-0.3, -0.25) is 0 Å². The summed E-state index contributed by atoms with van der Waals surface area (Å²) in [6.45, 7) is 4.46. The zero-order chi connectivity index (χ0) is 20.5. The van der Waals surface area contributed by atoms with Crippen molar-refractivity contribution in [2.24, 2.45) is 0 Å². The quantitative estimate of drug-likeness (QED) is 0.555. The SMILES string of the molecule is C/C(=C1\C=C(c2ccccc2)C=CN1)N1c2ccccc2N(c2ccccc2)[C@@H]1C. The average Bonchev–Trinajstić information content (AvgIpc) is 3.11. The number of nitrogens with one attached hydrogen (secondary N) is 1. The van der Waals surface area contributed by atoms with Gasteiger partial charge in [0.25, 0.3) is 0 Å². The van der Waals surface area contributed by atoms with Crippen LogP contribution in [0.15, 0.2) is 115 Å². The van der Waals surface area contributed by atoms with Crippen molar-refractivity contribution in [3.8, 4) is 0 Å². The van der Waals surface area contributed by atoms with Crippen molar-refractivity contribution in [2.75, 3.05) is 9.80 Å². The van der Waals surface area contributed by atoms with Gasteiger partial charge in [-0.25, -0.2) is 0 Å². The lowest BCUT2D eigenvalue weighted by molar-refractivity contribution is 0.726. The maximum absolute atomic E-state index is 3.46. The van der Waals surface area contributed by atoms with Gasteiger partial charge in [0.2, 0.25) is 0 Å². The second-order valence-electron chi connectivity index (χ2n) is 7.64. The number of allylic oxidation sites excluding steroid dienone is 4. The van der Waals surface area contributed by atoms with Crippen molar-refractivity contribution in [1.82, 2.24) is 5.32 Å². The van der Waals surface area contributed by atoms with Crippen LogP contribution in [-0.4, -0.2) is 6.17 Å². The molecule has 0 unspecified atom stereocenters. The average molecular weight is 392 g/mol. The van der Waals surface area contributed by atoms with Crippen LogP contribution in [0.3, 0.4) is 0 Å². The number of hydrogen-bond donors (Lipinski definition) is 1. The molecular weight excluding hydrogens is 366 g/mol. The highest BCUT2D eigenvalue weighted by Gasteiger charge is 2.35. The molecule has 3 aromatic rings. The Labute approximate surface area is 178 Å². The fourth-order valence-corrected chi connectivity index (χ4v) is 4.41. The van der Waals surface area contributed by atoms with Crippen LogP contribution in [0.4, 0.5) is 17.1 Å². The monoisotopic (exact) mass is 391 g/mol. The highest BCUT2D eigenvalue weighted by Crippen LogP contribution is 2.46. The Kier molecular flexibility index (Phi) is 4.64. The van der Waals surface area contributed by atoms with Gasteiger partial charge in [0.05, 0.1) is 17.1 Å². The summed E-state index contributed by atoms with van der Waals surface area (Å²) >= 11 is 0. The van der Waals surface area contributed by atoms with E-state index in [-0.39, 0.29) is 6.17 Å². The molecule has 3 nitrogen and oxygen atoms in total. The van der Waals surface area contributed by atoms with Gasteiger partial charge in [-0.15, -0.1) is 0 Å². The molecule has 0 spiro atoms. The minimum Gasteiger partial charge on any atom is -0.360 e. The van der Waals surface area contributed by atoms with E-state index in [1.807, 2.05) is 6.20 Å². The molecule has 0 aromatic heterocycles. The van der Waals surface area contributed by atoms with Crippen LogP contribution >= 0.6 is 0 Å². The van der Waals surface area contributed by atoms with Crippen LogP contribution in [0.25, 0.3) is 5.57 Å². The summed E-state index contributed by atoms with van der Waals surface area (Å²) in [4.78, 5) is 4.82. The highest BCUT2D eigenvalue weighted by atomic mass is 15.4. The summed E-state index contributed by atoms with van der Waals surface area (Å²) < 4.78 is 0. The third kappa shape index (κ3) is 3.09. The van der Waals surface area contributed by atoms with E-state index < -0.39 is 0 Å². The summed E-state index contributed by atoms with van der Waals surface area (Å²) in [5, 5.41) is 3.46. The lowest BCUT2D eigenvalue weighted by Crippen LogP contribution is -2.38. The summed E-state index contributed by atoms with van der Waals surface area (Å²) in [5.41, 5.74) is 8.42. The lowest BCUT2D eigenvalue weighted by atomic mass is 10.0. The third-order valence-electron chi connectivity index (χ3n) is 5.84. The van der Waals surface area contributed by atoms with Crippen molar-refractivity contribution >= 4 is 22.6 Å². The zero-order valence-electron chi connectivity index (χ0n) is 17.3. The molecule has 5 rings (SSSR count). The summed E-state index contributed by atoms with van der Waals surface area (Å²) in [6, 6.07) is 29.8. The second kappa shape index (κ2) is 7.60. The van der Waals surface area contributed by atoms with E-state index in [0.29, 0.717) is 0 Å². The maximum atomic E-state index is 3.46. The number of fused-ring (bicyclic) bond motifs is 1. The van der Waals surface area contributed by atoms with Gasteiger partial charge in [0.15, 0.2) is 0 Å². The molecule has 1 N–H and O–H groups in total. The number of hydrogen-bond acceptors (Lipinski definition) is 3. The molecule has 148 valence electrons. The Morgan fingerprint density at radius 1 is 0.800 bits per heavy atom. The minimum absolute atomic E-state index is 0.165. The third-order valence-corrected chi connectivity index (χ3v) is 5.84. The van der Waals surface area contributed by atoms with Crippen LogP contribution < -0.4 is 15.1 Å². The van der Waals surface area contributed by atoms with Crippen LogP contribution in [-0.2, 0) is 0 Å². The Morgan fingerprint density at radius 3 is 2.17 bits per heavy atom. The molecule has 0 fully saturated rings. The van der Waals surface area contributed by atoms with Gasteiger partial charge in [0.1, 0.15) is 6.17 Å². The number of anilines is 3. The number of para-hydroxylation sites is 3. The van der Waals surface area contributed by atoms with Gasteiger partial charge >= 0.3 is 0 Å². The van der Waals surface area contributed by atoms with E-state index in [0.717, 1.165) is 5.70 Å². The van der Waals surface area contributed by atoms with E-state index in [1.165, 1.54) is 33.9 Å². The van der Waals surface area contributed by atoms with Crippen molar-refractivity contribution in [3.05, 3.63) is 120 Å². The Hall–Kier alpha value is -3.72. The topological polar surface area (TPSA) is 18.5 Å². The Bertz CT molecular complexity index is 1140. The molecule has 2 aliphatic heterocycles. The largest absolute Gasteiger partial charge is 0.360 e. The van der Waals surface area contributed by atoms with Gasteiger partial charge in [-0.05, 0) is 61.4 Å². The fraction of sp³-hybridized carbons (Fsp3) is 0.111. The van der Waals surface area contributed by atoms with Gasteiger partial charge in [-0.2, -0.15) is 0 Å².